The molecule has 0 unspecified atom stereocenters. The van der Waals surface area contributed by atoms with E-state index in [0.717, 1.165) is 18.5 Å². The van der Waals surface area contributed by atoms with Gasteiger partial charge in [0.2, 0.25) is 0 Å². The second-order valence-electron chi connectivity index (χ2n) is 4.54. The number of carbonyl (C=O) groups excluding carboxylic acids is 1. The summed E-state index contributed by atoms with van der Waals surface area (Å²) in [6.45, 7) is 2.07. The summed E-state index contributed by atoms with van der Waals surface area (Å²) in [5.74, 6) is -0.0420. The Morgan fingerprint density at radius 1 is 1.35 bits per heavy atom. The molecule has 0 aliphatic heterocycles. The van der Waals surface area contributed by atoms with Gasteiger partial charge in [-0.15, -0.1) is 0 Å². The van der Waals surface area contributed by atoms with E-state index < -0.39 is 0 Å². The van der Waals surface area contributed by atoms with Crippen molar-refractivity contribution in [1.29, 1.82) is 0 Å². The van der Waals surface area contributed by atoms with Crippen LogP contribution in [0.25, 0.3) is 0 Å². The molecule has 0 aliphatic rings. The molecule has 0 bridgehead atoms. The minimum atomic E-state index is -0.0420. The summed E-state index contributed by atoms with van der Waals surface area (Å²) in [6, 6.07) is 7.45. The fraction of sp³-hybridized carbons (Fsp3) is 0.333. The monoisotopic (exact) mass is 273 g/mol. The molecule has 0 aliphatic carbocycles. The normalized spacial score (nSPS) is 10.4. The molecule has 20 heavy (non-hydrogen) atoms. The predicted molar refractivity (Wildman–Crippen MR) is 76.3 cm³/mol. The molecule has 0 spiro atoms. The van der Waals surface area contributed by atoms with Gasteiger partial charge in [0.05, 0.1) is 12.9 Å². The Morgan fingerprint density at radius 2 is 2.15 bits per heavy atom. The van der Waals surface area contributed by atoms with Gasteiger partial charge in [-0.1, -0.05) is 12.1 Å². The zero-order valence-corrected chi connectivity index (χ0v) is 11.6. The van der Waals surface area contributed by atoms with Crippen LogP contribution >= 0.6 is 0 Å². The van der Waals surface area contributed by atoms with Crippen molar-refractivity contribution in [3.05, 3.63) is 54.1 Å². The van der Waals surface area contributed by atoms with Crippen LogP contribution in [0.5, 0.6) is 0 Å². The molecule has 0 atom stereocenters. The van der Waals surface area contributed by atoms with E-state index in [0.29, 0.717) is 18.7 Å². The van der Waals surface area contributed by atoms with Gasteiger partial charge in [0.1, 0.15) is 0 Å². The number of nitrogens with one attached hydrogen (secondary N) is 1. The zero-order chi connectivity index (χ0) is 14.2. The van der Waals surface area contributed by atoms with E-state index in [1.807, 2.05) is 35.0 Å². The number of hydrogen-bond acceptors (Lipinski definition) is 3. The Kier molecular flexibility index (Phi) is 5.32. The van der Waals surface area contributed by atoms with Gasteiger partial charge in [-0.2, -0.15) is 0 Å². The predicted octanol–water partition coefficient (Wildman–Crippen LogP) is 1.85. The Morgan fingerprint density at radius 3 is 2.80 bits per heavy atom. The van der Waals surface area contributed by atoms with E-state index in [9.17, 15) is 4.79 Å². The van der Waals surface area contributed by atoms with Crippen LogP contribution in [0.15, 0.2) is 43.0 Å². The van der Waals surface area contributed by atoms with Gasteiger partial charge < -0.3 is 14.6 Å². The molecule has 5 heteroatoms. The minimum Gasteiger partial charge on any atom is -0.380 e. The molecule has 106 valence electrons. The summed E-state index contributed by atoms with van der Waals surface area (Å²) in [4.78, 5) is 15.9. The van der Waals surface area contributed by atoms with Crippen LogP contribution in [-0.2, 0) is 17.9 Å². The van der Waals surface area contributed by atoms with Gasteiger partial charge >= 0.3 is 0 Å². The number of benzene rings is 1. The van der Waals surface area contributed by atoms with Crippen molar-refractivity contribution < 1.29 is 9.53 Å². The topological polar surface area (TPSA) is 56.1 Å². The maximum atomic E-state index is 11.9. The van der Waals surface area contributed by atoms with Gasteiger partial charge in [-0.3, -0.25) is 4.79 Å². The van der Waals surface area contributed by atoms with E-state index in [-0.39, 0.29) is 5.91 Å². The van der Waals surface area contributed by atoms with Gasteiger partial charge in [0, 0.05) is 38.2 Å². The van der Waals surface area contributed by atoms with E-state index in [2.05, 4.69) is 10.3 Å². The molecule has 0 saturated carbocycles. The Bertz CT molecular complexity index is 521. The van der Waals surface area contributed by atoms with Crippen molar-refractivity contribution in [2.24, 2.45) is 0 Å². The first-order valence-corrected chi connectivity index (χ1v) is 6.61. The molecule has 0 saturated heterocycles. The average Bonchev–Trinajstić information content (AvgIpc) is 2.98. The summed E-state index contributed by atoms with van der Waals surface area (Å²) in [5.41, 5.74) is 1.73. The molecule has 1 N–H and O–H groups in total. The number of aromatic nitrogens is 2. The largest absolute Gasteiger partial charge is 0.380 e. The first kappa shape index (κ1) is 14.3. The third kappa shape index (κ3) is 4.20. The highest BCUT2D eigenvalue weighted by atomic mass is 16.5. The molecule has 1 aromatic carbocycles. The van der Waals surface area contributed by atoms with Gasteiger partial charge in [-0.25, -0.2) is 4.98 Å². The Hall–Kier alpha value is -2.14. The summed E-state index contributed by atoms with van der Waals surface area (Å²) >= 11 is 0. The van der Waals surface area contributed by atoms with Gasteiger partial charge in [0.15, 0.2) is 0 Å². The number of carbonyl (C=O) groups is 1. The lowest BCUT2D eigenvalue weighted by Crippen LogP contribution is -2.25. The SMILES string of the molecule is COCc1ccc(C(=O)NCCCn2ccnc2)cc1. The van der Waals surface area contributed by atoms with E-state index in [1.165, 1.54) is 0 Å². The maximum absolute atomic E-state index is 11.9. The smallest absolute Gasteiger partial charge is 0.251 e. The molecular formula is C15H19N3O2. The molecule has 5 nitrogen and oxygen atoms in total. The molecule has 1 heterocycles. The number of rotatable bonds is 7. The standard InChI is InChI=1S/C15H19N3O2/c1-20-11-13-3-5-14(6-4-13)15(19)17-7-2-9-18-10-8-16-12-18/h3-6,8,10,12H,2,7,9,11H2,1H3,(H,17,19). The second kappa shape index (κ2) is 7.45. The van der Waals surface area contributed by atoms with Gasteiger partial charge in [-0.05, 0) is 24.1 Å². The third-order valence-corrected chi connectivity index (χ3v) is 2.96. The average molecular weight is 273 g/mol. The highest BCUT2D eigenvalue weighted by molar-refractivity contribution is 5.94. The van der Waals surface area contributed by atoms with E-state index >= 15 is 0 Å². The lowest BCUT2D eigenvalue weighted by atomic mass is 10.1. The molecule has 0 radical (unpaired) electrons. The molecular weight excluding hydrogens is 254 g/mol. The fourth-order valence-electron chi connectivity index (χ4n) is 1.90. The quantitative estimate of drug-likeness (QED) is 0.783. The third-order valence-electron chi connectivity index (χ3n) is 2.96. The van der Waals surface area contributed by atoms with Crippen molar-refractivity contribution in [2.75, 3.05) is 13.7 Å². The van der Waals surface area contributed by atoms with E-state index in [4.69, 9.17) is 4.74 Å². The van der Waals surface area contributed by atoms with Crippen LogP contribution in [0.1, 0.15) is 22.3 Å². The Labute approximate surface area is 118 Å². The number of ether oxygens (including phenoxy) is 1. The summed E-state index contributed by atoms with van der Waals surface area (Å²) in [5, 5.41) is 2.91. The van der Waals surface area contributed by atoms with Crippen molar-refractivity contribution in [3.63, 3.8) is 0 Å². The zero-order valence-electron chi connectivity index (χ0n) is 11.6. The molecule has 2 aromatic rings. The minimum absolute atomic E-state index is 0.0420. The van der Waals surface area contributed by atoms with E-state index in [1.54, 1.807) is 19.6 Å². The number of methoxy groups -OCH3 is 1. The highest BCUT2D eigenvalue weighted by Crippen LogP contribution is 2.05. The van der Waals surface area contributed by atoms with Crippen LogP contribution in [0.3, 0.4) is 0 Å². The number of hydrogen-bond donors (Lipinski definition) is 1. The summed E-state index contributed by atoms with van der Waals surface area (Å²) < 4.78 is 7.03. The van der Waals surface area contributed by atoms with Crippen LogP contribution < -0.4 is 5.32 Å². The van der Waals surface area contributed by atoms with Crippen molar-refractivity contribution in [3.8, 4) is 0 Å². The second-order valence-corrected chi connectivity index (χ2v) is 4.54. The number of nitrogens with zero attached hydrogens (tertiary/aromatic N) is 2. The lowest BCUT2D eigenvalue weighted by molar-refractivity contribution is 0.0952. The van der Waals surface area contributed by atoms with Crippen LogP contribution in [-0.4, -0.2) is 29.1 Å². The van der Waals surface area contributed by atoms with Crippen LogP contribution in [0.4, 0.5) is 0 Å². The maximum Gasteiger partial charge on any atom is 0.251 e. The Balaban J connectivity index is 1.73. The number of amides is 1. The molecule has 2 rings (SSSR count). The summed E-state index contributed by atoms with van der Waals surface area (Å²) in [6.07, 6.45) is 6.32. The fourth-order valence-corrected chi connectivity index (χ4v) is 1.90. The highest BCUT2D eigenvalue weighted by Gasteiger charge is 2.04. The van der Waals surface area contributed by atoms with Crippen molar-refractivity contribution in [2.45, 2.75) is 19.6 Å². The lowest BCUT2D eigenvalue weighted by Gasteiger charge is -2.06. The first-order chi connectivity index (χ1) is 9.79. The molecule has 0 fully saturated rings. The molecule has 1 aromatic heterocycles. The number of imidazole rings is 1. The van der Waals surface area contributed by atoms with Crippen LogP contribution in [0.2, 0.25) is 0 Å². The summed E-state index contributed by atoms with van der Waals surface area (Å²) in [7, 11) is 1.65. The first-order valence-electron chi connectivity index (χ1n) is 6.61. The van der Waals surface area contributed by atoms with Crippen molar-refractivity contribution in [1.82, 2.24) is 14.9 Å². The molecule has 1 amide bonds. The number of aryl methyl sites for hydroxylation is 1. The van der Waals surface area contributed by atoms with Crippen molar-refractivity contribution >= 4 is 5.91 Å². The van der Waals surface area contributed by atoms with Gasteiger partial charge in [0.25, 0.3) is 5.91 Å². The van der Waals surface area contributed by atoms with Crippen LogP contribution in [0, 0.1) is 0 Å².